The highest BCUT2D eigenvalue weighted by atomic mass is 79.9. The first-order chi connectivity index (χ1) is 9.13. The molecule has 1 N–H and O–H groups in total. The summed E-state index contributed by atoms with van der Waals surface area (Å²) in [7, 11) is 1.99. The summed E-state index contributed by atoms with van der Waals surface area (Å²) in [4.78, 5) is 4.31. The fraction of sp³-hybridized carbons (Fsp3) is 0.692. The van der Waals surface area contributed by atoms with E-state index in [0.717, 1.165) is 36.7 Å². The molecule has 2 heterocycles. The number of furan rings is 1. The molecule has 0 amide bonds. The fourth-order valence-electron chi connectivity index (χ4n) is 2.27. The van der Waals surface area contributed by atoms with Crippen LogP contribution in [0.5, 0.6) is 0 Å². The lowest BCUT2D eigenvalue weighted by Gasteiger charge is -2.29. The molecule has 1 aliphatic rings. The normalized spacial score (nSPS) is 18.9. The Kier molecular flexibility index (Phi) is 5.84. The van der Waals surface area contributed by atoms with E-state index >= 15 is 0 Å². The smallest absolute Gasteiger partial charge is 0.169 e. The molecule has 5 nitrogen and oxygen atoms in total. The van der Waals surface area contributed by atoms with Crippen LogP contribution in [0, 0.1) is 0 Å². The number of aliphatic hydroxyl groups is 1. The lowest BCUT2D eigenvalue weighted by Crippen LogP contribution is -2.43. The summed E-state index contributed by atoms with van der Waals surface area (Å²) < 4.78 is 11.5. The van der Waals surface area contributed by atoms with Gasteiger partial charge in [0, 0.05) is 26.2 Å². The van der Waals surface area contributed by atoms with Crippen molar-refractivity contribution < 1.29 is 14.3 Å². The minimum absolute atomic E-state index is 0.346. The second-order valence-corrected chi connectivity index (χ2v) is 5.75. The molecule has 108 valence electrons. The molecule has 1 fully saturated rings. The van der Waals surface area contributed by atoms with E-state index in [-0.39, 0.29) is 6.10 Å². The summed E-state index contributed by atoms with van der Waals surface area (Å²) in [6.45, 7) is 5.39. The maximum Gasteiger partial charge on any atom is 0.169 e. The van der Waals surface area contributed by atoms with Crippen LogP contribution >= 0.6 is 15.9 Å². The van der Waals surface area contributed by atoms with Crippen LogP contribution in [0.25, 0.3) is 0 Å². The number of rotatable bonds is 6. The topological polar surface area (TPSA) is 49.1 Å². The average molecular weight is 333 g/mol. The number of likely N-dealkylation sites (N-methyl/N-ethyl adjacent to an activating group) is 1. The summed E-state index contributed by atoms with van der Waals surface area (Å²) in [6, 6.07) is 3.82. The molecule has 0 aromatic carbocycles. The van der Waals surface area contributed by atoms with E-state index in [2.05, 4.69) is 25.7 Å². The molecule has 1 aromatic rings. The molecule has 19 heavy (non-hydrogen) atoms. The first kappa shape index (κ1) is 15.0. The minimum Gasteiger partial charge on any atom is -0.453 e. The number of hydrogen-bond acceptors (Lipinski definition) is 5. The first-order valence-electron chi connectivity index (χ1n) is 6.54. The van der Waals surface area contributed by atoms with E-state index in [0.29, 0.717) is 19.6 Å². The number of ether oxygens (including phenoxy) is 1. The van der Waals surface area contributed by atoms with Crippen LogP contribution in [0.4, 0.5) is 0 Å². The Bertz CT molecular complexity index is 380. The van der Waals surface area contributed by atoms with Gasteiger partial charge in [-0.1, -0.05) is 0 Å². The standard InChI is InChI=1S/C13H21BrN2O3/c1-15(10-12-2-3-13(14)19-12)8-11(17)9-16-4-6-18-7-5-16/h2-3,11,17H,4-10H2,1H3. The number of morpholine rings is 1. The molecule has 0 spiro atoms. The quantitative estimate of drug-likeness (QED) is 0.847. The van der Waals surface area contributed by atoms with Crippen LogP contribution in [0.2, 0.25) is 0 Å². The predicted molar refractivity (Wildman–Crippen MR) is 76.0 cm³/mol. The van der Waals surface area contributed by atoms with E-state index in [1.807, 2.05) is 19.2 Å². The second-order valence-electron chi connectivity index (χ2n) is 4.97. The van der Waals surface area contributed by atoms with Gasteiger partial charge in [0.2, 0.25) is 0 Å². The van der Waals surface area contributed by atoms with Gasteiger partial charge >= 0.3 is 0 Å². The van der Waals surface area contributed by atoms with Crippen molar-refractivity contribution in [2.45, 2.75) is 12.6 Å². The Morgan fingerprint density at radius 1 is 1.42 bits per heavy atom. The van der Waals surface area contributed by atoms with E-state index in [4.69, 9.17) is 9.15 Å². The van der Waals surface area contributed by atoms with Crippen LogP contribution in [0.3, 0.4) is 0 Å². The molecule has 1 atom stereocenters. The molecule has 0 saturated carbocycles. The number of halogens is 1. The van der Waals surface area contributed by atoms with Gasteiger partial charge in [-0.15, -0.1) is 0 Å². The third-order valence-corrected chi connectivity index (χ3v) is 3.58. The van der Waals surface area contributed by atoms with Crippen LogP contribution in [0.1, 0.15) is 5.76 Å². The highest BCUT2D eigenvalue weighted by Crippen LogP contribution is 2.15. The van der Waals surface area contributed by atoms with E-state index in [1.165, 1.54) is 0 Å². The summed E-state index contributed by atoms with van der Waals surface area (Å²) in [6.07, 6.45) is -0.346. The summed E-state index contributed by atoms with van der Waals surface area (Å²) in [5, 5.41) is 10.1. The lowest BCUT2D eigenvalue weighted by atomic mass is 10.2. The van der Waals surface area contributed by atoms with Crippen molar-refractivity contribution in [2.24, 2.45) is 0 Å². The van der Waals surface area contributed by atoms with Crippen LogP contribution in [-0.4, -0.2) is 67.5 Å². The van der Waals surface area contributed by atoms with Gasteiger partial charge in [-0.25, -0.2) is 0 Å². The summed E-state index contributed by atoms with van der Waals surface area (Å²) in [5.41, 5.74) is 0. The van der Waals surface area contributed by atoms with Gasteiger partial charge in [-0.3, -0.25) is 9.80 Å². The maximum atomic E-state index is 10.1. The van der Waals surface area contributed by atoms with Crippen molar-refractivity contribution in [3.63, 3.8) is 0 Å². The SMILES string of the molecule is CN(Cc1ccc(Br)o1)CC(O)CN1CCOCC1. The highest BCUT2D eigenvalue weighted by molar-refractivity contribution is 9.10. The Hall–Kier alpha value is -0.400. The molecule has 0 aliphatic carbocycles. The van der Waals surface area contributed by atoms with Gasteiger partial charge in [-0.2, -0.15) is 0 Å². The molecule has 1 unspecified atom stereocenters. The molecular weight excluding hydrogens is 312 g/mol. The van der Waals surface area contributed by atoms with Crippen molar-refractivity contribution in [1.29, 1.82) is 0 Å². The average Bonchev–Trinajstić information content (AvgIpc) is 2.75. The van der Waals surface area contributed by atoms with E-state index < -0.39 is 0 Å². The Morgan fingerprint density at radius 2 is 2.16 bits per heavy atom. The molecule has 1 saturated heterocycles. The molecule has 2 rings (SSSR count). The number of hydrogen-bond donors (Lipinski definition) is 1. The van der Waals surface area contributed by atoms with Crippen molar-refractivity contribution >= 4 is 15.9 Å². The number of aliphatic hydroxyl groups excluding tert-OH is 1. The third kappa shape index (κ3) is 5.24. The van der Waals surface area contributed by atoms with Crippen LogP contribution < -0.4 is 0 Å². The van der Waals surface area contributed by atoms with Gasteiger partial charge in [0.25, 0.3) is 0 Å². The molecule has 6 heteroatoms. The van der Waals surface area contributed by atoms with Gasteiger partial charge in [-0.05, 0) is 35.1 Å². The van der Waals surface area contributed by atoms with Gasteiger partial charge in [0.05, 0.1) is 25.9 Å². The van der Waals surface area contributed by atoms with E-state index in [1.54, 1.807) is 0 Å². The summed E-state index contributed by atoms with van der Waals surface area (Å²) in [5.74, 6) is 0.896. The zero-order valence-corrected chi connectivity index (χ0v) is 12.8. The predicted octanol–water partition coefficient (Wildman–Crippen LogP) is 1.17. The Balaban J connectivity index is 1.70. The third-order valence-electron chi connectivity index (χ3n) is 3.15. The van der Waals surface area contributed by atoms with Crippen molar-refractivity contribution in [2.75, 3.05) is 46.4 Å². The molecule has 1 aliphatic heterocycles. The van der Waals surface area contributed by atoms with Crippen molar-refractivity contribution in [1.82, 2.24) is 9.80 Å². The first-order valence-corrected chi connectivity index (χ1v) is 7.33. The van der Waals surface area contributed by atoms with Crippen LogP contribution in [-0.2, 0) is 11.3 Å². The maximum absolute atomic E-state index is 10.1. The zero-order chi connectivity index (χ0) is 13.7. The largest absolute Gasteiger partial charge is 0.453 e. The van der Waals surface area contributed by atoms with Gasteiger partial charge in [0.15, 0.2) is 4.67 Å². The lowest BCUT2D eigenvalue weighted by molar-refractivity contribution is 0.00791. The highest BCUT2D eigenvalue weighted by Gasteiger charge is 2.16. The summed E-state index contributed by atoms with van der Waals surface area (Å²) >= 11 is 3.29. The van der Waals surface area contributed by atoms with Crippen molar-refractivity contribution in [3.8, 4) is 0 Å². The minimum atomic E-state index is -0.346. The van der Waals surface area contributed by atoms with Crippen LogP contribution in [0.15, 0.2) is 21.2 Å². The second kappa shape index (κ2) is 7.40. The fourth-order valence-corrected chi connectivity index (χ4v) is 2.61. The molecule has 0 bridgehead atoms. The van der Waals surface area contributed by atoms with Gasteiger partial charge < -0.3 is 14.3 Å². The monoisotopic (exact) mass is 332 g/mol. The van der Waals surface area contributed by atoms with Gasteiger partial charge in [0.1, 0.15) is 5.76 Å². The van der Waals surface area contributed by atoms with Crippen molar-refractivity contribution in [3.05, 3.63) is 22.6 Å². The zero-order valence-electron chi connectivity index (χ0n) is 11.2. The number of β-amino-alcohol motifs (C(OH)–C–C–N with tert-alkyl or cyclic N) is 1. The molecule has 0 radical (unpaired) electrons. The van der Waals surface area contributed by atoms with E-state index in [9.17, 15) is 5.11 Å². The molecular formula is C13H21BrN2O3. The Labute approximate surface area is 122 Å². The molecule has 1 aromatic heterocycles. The number of nitrogens with zero attached hydrogens (tertiary/aromatic N) is 2. The Morgan fingerprint density at radius 3 is 2.79 bits per heavy atom.